The second-order valence-corrected chi connectivity index (χ2v) is 7.07. The fourth-order valence-corrected chi connectivity index (χ4v) is 3.24. The molecular formula is C12H13BrN2O4S. The SMILES string of the molecule is CCOC(=O)c1nc2cc(Br)ccn2c1S(=O)(=O)CC. The maximum absolute atomic E-state index is 12.2. The third kappa shape index (κ3) is 2.57. The van der Waals surface area contributed by atoms with Crippen LogP contribution in [0.3, 0.4) is 0 Å². The van der Waals surface area contributed by atoms with Crippen molar-refractivity contribution in [3.63, 3.8) is 0 Å². The molecule has 2 aromatic rings. The number of fused-ring (bicyclic) bond motifs is 1. The van der Waals surface area contributed by atoms with Gasteiger partial charge in [-0.2, -0.15) is 0 Å². The fourth-order valence-electron chi connectivity index (χ4n) is 1.76. The Balaban J connectivity index is 2.79. The summed E-state index contributed by atoms with van der Waals surface area (Å²) in [5.74, 6) is -0.858. The molecule has 0 aliphatic carbocycles. The number of esters is 1. The van der Waals surface area contributed by atoms with Crippen molar-refractivity contribution in [2.24, 2.45) is 0 Å². The summed E-state index contributed by atoms with van der Waals surface area (Å²) in [6, 6.07) is 3.32. The first kappa shape index (κ1) is 15.0. The van der Waals surface area contributed by atoms with E-state index < -0.39 is 15.8 Å². The van der Waals surface area contributed by atoms with Crippen molar-refractivity contribution >= 4 is 37.4 Å². The summed E-state index contributed by atoms with van der Waals surface area (Å²) in [4.78, 5) is 16.0. The van der Waals surface area contributed by atoms with Crippen molar-refractivity contribution in [1.29, 1.82) is 0 Å². The molecule has 0 aliphatic heterocycles. The van der Waals surface area contributed by atoms with Crippen LogP contribution >= 0.6 is 15.9 Å². The second-order valence-electron chi connectivity index (χ2n) is 3.96. The molecule has 0 saturated heterocycles. The van der Waals surface area contributed by atoms with Gasteiger partial charge in [0.1, 0.15) is 5.65 Å². The molecule has 8 heteroatoms. The molecule has 0 aliphatic rings. The molecule has 0 fully saturated rings. The van der Waals surface area contributed by atoms with Crippen LogP contribution in [0.1, 0.15) is 24.3 Å². The molecule has 0 spiro atoms. The standard InChI is InChI=1S/C12H13BrN2O4S/c1-3-19-12(16)10-11(20(17,18)4-2)15-6-5-8(13)7-9(15)14-10/h5-7H,3-4H2,1-2H3. The van der Waals surface area contributed by atoms with Crippen LogP contribution in [0, 0.1) is 0 Å². The summed E-state index contributed by atoms with van der Waals surface area (Å²) in [5.41, 5.74) is 0.196. The summed E-state index contributed by atoms with van der Waals surface area (Å²) in [6.45, 7) is 3.32. The number of imidazole rings is 1. The van der Waals surface area contributed by atoms with Crippen LogP contribution in [0.5, 0.6) is 0 Å². The van der Waals surface area contributed by atoms with Crippen molar-refractivity contribution in [3.8, 4) is 0 Å². The lowest BCUT2D eigenvalue weighted by Crippen LogP contribution is -2.14. The first-order chi connectivity index (χ1) is 9.40. The molecule has 0 unspecified atom stereocenters. The van der Waals surface area contributed by atoms with E-state index in [0.29, 0.717) is 5.65 Å². The fraction of sp³-hybridized carbons (Fsp3) is 0.333. The van der Waals surface area contributed by atoms with E-state index in [2.05, 4.69) is 20.9 Å². The van der Waals surface area contributed by atoms with Crippen molar-refractivity contribution in [2.45, 2.75) is 18.9 Å². The van der Waals surface area contributed by atoms with E-state index in [0.717, 1.165) is 4.47 Å². The van der Waals surface area contributed by atoms with Gasteiger partial charge in [-0.25, -0.2) is 18.2 Å². The van der Waals surface area contributed by atoms with Crippen LogP contribution in [0.2, 0.25) is 0 Å². The minimum Gasteiger partial charge on any atom is -0.461 e. The highest BCUT2D eigenvalue weighted by molar-refractivity contribution is 9.10. The minimum atomic E-state index is -3.60. The predicted octanol–water partition coefficient (Wildman–Crippen LogP) is 2.07. The van der Waals surface area contributed by atoms with Gasteiger partial charge in [-0.3, -0.25) is 4.40 Å². The number of pyridine rings is 1. The summed E-state index contributed by atoms with van der Waals surface area (Å²) >= 11 is 3.28. The quantitative estimate of drug-likeness (QED) is 0.779. The predicted molar refractivity (Wildman–Crippen MR) is 76.6 cm³/mol. The first-order valence-electron chi connectivity index (χ1n) is 5.98. The normalized spacial score (nSPS) is 11.8. The van der Waals surface area contributed by atoms with E-state index in [1.165, 1.54) is 11.3 Å². The molecule has 0 atom stereocenters. The van der Waals surface area contributed by atoms with Gasteiger partial charge in [0.15, 0.2) is 20.6 Å². The van der Waals surface area contributed by atoms with Gasteiger partial charge in [-0.1, -0.05) is 22.9 Å². The molecule has 2 aromatic heterocycles. The number of carbonyl (C=O) groups excluding carboxylic acids is 1. The van der Waals surface area contributed by atoms with E-state index >= 15 is 0 Å². The number of aromatic nitrogens is 2. The Morgan fingerprint density at radius 1 is 1.45 bits per heavy atom. The van der Waals surface area contributed by atoms with Crippen molar-refractivity contribution in [1.82, 2.24) is 9.38 Å². The maximum Gasteiger partial charge on any atom is 0.359 e. The highest BCUT2D eigenvalue weighted by Gasteiger charge is 2.28. The van der Waals surface area contributed by atoms with Gasteiger partial charge in [0.05, 0.1) is 12.4 Å². The number of ether oxygens (including phenoxy) is 1. The van der Waals surface area contributed by atoms with Gasteiger partial charge in [-0.15, -0.1) is 0 Å². The van der Waals surface area contributed by atoms with Gasteiger partial charge in [0, 0.05) is 10.7 Å². The van der Waals surface area contributed by atoms with E-state index in [9.17, 15) is 13.2 Å². The number of carbonyl (C=O) groups is 1. The molecule has 6 nitrogen and oxygen atoms in total. The largest absolute Gasteiger partial charge is 0.461 e. The maximum atomic E-state index is 12.2. The third-order valence-electron chi connectivity index (χ3n) is 2.69. The van der Waals surface area contributed by atoms with Crippen molar-refractivity contribution < 1.29 is 17.9 Å². The highest BCUT2D eigenvalue weighted by Crippen LogP contribution is 2.22. The van der Waals surface area contributed by atoms with E-state index in [1.807, 2.05) is 0 Å². The number of rotatable bonds is 4. The zero-order valence-electron chi connectivity index (χ0n) is 11.0. The first-order valence-corrected chi connectivity index (χ1v) is 8.42. The van der Waals surface area contributed by atoms with Crippen LogP contribution in [0.25, 0.3) is 5.65 Å². The number of hydrogen-bond acceptors (Lipinski definition) is 5. The van der Waals surface area contributed by atoms with Crippen LogP contribution < -0.4 is 0 Å². The Labute approximate surface area is 124 Å². The number of sulfone groups is 1. The Hall–Kier alpha value is -1.41. The lowest BCUT2D eigenvalue weighted by molar-refractivity contribution is 0.0515. The molecular weight excluding hydrogens is 348 g/mol. The third-order valence-corrected chi connectivity index (χ3v) is 4.92. The number of halogens is 1. The molecule has 0 aromatic carbocycles. The number of nitrogens with zero attached hydrogens (tertiary/aromatic N) is 2. The molecule has 0 saturated carbocycles. The van der Waals surface area contributed by atoms with E-state index in [1.54, 1.807) is 25.3 Å². The highest BCUT2D eigenvalue weighted by atomic mass is 79.9. The molecule has 0 radical (unpaired) electrons. The monoisotopic (exact) mass is 360 g/mol. The van der Waals surface area contributed by atoms with Crippen molar-refractivity contribution in [2.75, 3.05) is 12.4 Å². The summed E-state index contributed by atoms with van der Waals surface area (Å²) in [5, 5.41) is -0.124. The van der Waals surface area contributed by atoms with Gasteiger partial charge in [-0.05, 0) is 19.1 Å². The van der Waals surface area contributed by atoms with Gasteiger partial charge in [0.25, 0.3) is 0 Å². The van der Waals surface area contributed by atoms with Gasteiger partial charge >= 0.3 is 5.97 Å². The van der Waals surface area contributed by atoms with E-state index in [4.69, 9.17) is 4.74 Å². The zero-order chi connectivity index (χ0) is 14.9. The second kappa shape index (κ2) is 5.53. The number of hydrogen-bond donors (Lipinski definition) is 0. The van der Waals surface area contributed by atoms with Crippen LogP contribution in [0.15, 0.2) is 27.8 Å². The average Bonchev–Trinajstić information content (AvgIpc) is 2.78. The molecule has 108 valence electrons. The Morgan fingerprint density at radius 3 is 2.75 bits per heavy atom. The lowest BCUT2D eigenvalue weighted by Gasteiger charge is -2.04. The molecule has 0 amide bonds. The zero-order valence-corrected chi connectivity index (χ0v) is 13.4. The summed E-state index contributed by atoms with van der Waals surface area (Å²) < 4.78 is 31.4. The van der Waals surface area contributed by atoms with Crippen molar-refractivity contribution in [3.05, 3.63) is 28.5 Å². The average molecular weight is 361 g/mol. The van der Waals surface area contributed by atoms with E-state index in [-0.39, 0.29) is 23.1 Å². The van der Waals surface area contributed by atoms with Crippen LogP contribution in [0.4, 0.5) is 0 Å². The van der Waals surface area contributed by atoms with Gasteiger partial charge in [0.2, 0.25) is 0 Å². The Kier molecular flexibility index (Phi) is 4.14. The molecule has 2 rings (SSSR count). The lowest BCUT2D eigenvalue weighted by atomic mass is 10.5. The Bertz CT molecular complexity index is 767. The molecule has 2 heterocycles. The minimum absolute atomic E-state index is 0.122. The molecule has 20 heavy (non-hydrogen) atoms. The molecule has 0 N–H and O–H groups in total. The molecule has 0 bridgehead atoms. The van der Waals surface area contributed by atoms with Crippen LogP contribution in [-0.2, 0) is 14.6 Å². The Morgan fingerprint density at radius 2 is 2.15 bits per heavy atom. The summed E-state index contributed by atoms with van der Waals surface area (Å²) in [7, 11) is -3.60. The topological polar surface area (TPSA) is 77.7 Å². The smallest absolute Gasteiger partial charge is 0.359 e. The van der Waals surface area contributed by atoms with Crippen LogP contribution in [-0.4, -0.2) is 36.1 Å². The summed E-state index contributed by atoms with van der Waals surface area (Å²) in [6.07, 6.45) is 1.55. The van der Waals surface area contributed by atoms with Gasteiger partial charge < -0.3 is 4.74 Å².